The molecule has 0 saturated heterocycles. The van der Waals surface area contributed by atoms with Crippen molar-refractivity contribution in [2.24, 2.45) is 5.92 Å². The van der Waals surface area contributed by atoms with Crippen LogP contribution in [0.3, 0.4) is 0 Å². The van der Waals surface area contributed by atoms with Gasteiger partial charge >= 0.3 is 0 Å². The van der Waals surface area contributed by atoms with Gasteiger partial charge in [-0.3, -0.25) is 10.5 Å². The van der Waals surface area contributed by atoms with Gasteiger partial charge in [0, 0.05) is 11.5 Å². The Morgan fingerprint density at radius 3 is 2.88 bits per heavy atom. The van der Waals surface area contributed by atoms with E-state index in [1.807, 2.05) is 23.6 Å². The van der Waals surface area contributed by atoms with Crippen molar-refractivity contribution in [1.82, 2.24) is 10.2 Å². The predicted molar refractivity (Wildman–Crippen MR) is 87.6 cm³/mol. The molecule has 0 bridgehead atoms. The number of rotatable bonds is 2. The van der Waals surface area contributed by atoms with E-state index >= 15 is 0 Å². The van der Waals surface area contributed by atoms with E-state index < -0.39 is 23.5 Å². The normalized spacial score (nSPS) is 19.2. The standard InChI is InChI=1S/C17H10F2N4OS/c18-8-3-4-11(19)9(6-8)13-10(7-20)16(21)24-17-14(13)15(22-23-17)12-2-1-5-25-12/h1-6,10,13,21H,(H,22,23). The average Bonchev–Trinajstić information content (AvgIpc) is 3.25. The van der Waals surface area contributed by atoms with Gasteiger partial charge in [0.25, 0.3) is 0 Å². The summed E-state index contributed by atoms with van der Waals surface area (Å²) in [6, 6.07) is 8.75. The van der Waals surface area contributed by atoms with Crippen molar-refractivity contribution in [3.05, 3.63) is 58.5 Å². The SMILES string of the molecule is N#CC1C(=N)Oc2n[nH]c(-c3cccs3)c2C1c1cc(F)ccc1F. The third-order valence-corrected chi connectivity index (χ3v) is 4.99. The second-order valence-electron chi connectivity index (χ2n) is 5.51. The van der Waals surface area contributed by atoms with Crippen LogP contribution in [0.1, 0.15) is 17.0 Å². The summed E-state index contributed by atoms with van der Waals surface area (Å²) in [5.41, 5.74) is 1.03. The van der Waals surface area contributed by atoms with Crippen LogP contribution in [0.5, 0.6) is 5.88 Å². The molecule has 0 spiro atoms. The number of ether oxygens (including phenoxy) is 1. The maximum absolute atomic E-state index is 14.4. The summed E-state index contributed by atoms with van der Waals surface area (Å²) in [6.07, 6.45) is 0. The lowest BCUT2D eigenvalue weighted by atomic mass is 9.79. The molecule has 0 amide bonds. The monoisotopic (exact) mass is 356 g/mol. The number of hydrogen-bond acceptors (Lipinski definition) is 5. The molecule has 1 aromatic carbocycles. The van der Waals surface area contributed by atoms with Gasteiger partial charge in [0.15, 0.2) is 0 Å². The number of aromatic amines is 1. The molecule has 25 heavy (non-hydrogen) atoms. The molecule has 124 valence electrons. The zero-order valence-corrected chi connectivity index (χ0v) is 13.4. The number of nitrogens with one attached hydrogen (secondary N) is 2. The number of halogens is 2. The highest BCUT2D eigenvalue weighted by Crippen LogP contribution is 2.47. The number of nitrogens with zero attached hydrogens (tertiary/aromatic N) is 2. The molecule has 2 unspecified atom stereocenters. The van der Waals surface area contributed by atoms with E-state index in [0.717, 1.165) is 23.1 Å². The van der Waals surface area contributed by atoms with Gasteiger partial charge < -0.3 is 4.74 Å². The molecule has 2 atom stereocenters. The Kier molecular flexibility index (Phi) is 3.58. The quantitative estimate of drug-likeness (QED) is 0.726. The van der Waals surface area contributed by atoms with Gasteiger partial charge in [-0.2, -0.15) is 5.26 Å². The molecule has 4 rings (SSSR count). The van der Waals surface area contributed by atoms with Crippen molar-refractivity contribution in [3.8, 4) is 22.5 Å². The Bertz CT molecular complexity index is 1010. The molecule has 2 N–H and O–H groups in total. The fraction of sp³-hybridized carbons (Fsp3) is 0.118. The van der Waals surface area contributed by atoms with Crippen molar-refractivity contribution in [1.29, 1.82) is 10.7 Å². The van der Waals surface area contributed by atoms with E-state index in [9.17, 15) is 14.0 Å². The molecule has 0 saturated carbocycles. The topological polar surface area (TPSA) is 85.6 Å². The second-order valence-corrected chi connectivity index (χ2v) is 6.46. The third-order valence-electron chi connectivity index (χ3n) is 4.10. The molecule has 5 nitrogen and oxygen atoms in total. The average molecular weight is 356 g/mol. The Labute approximate surface area is 145 Å². The Balaban J connectivity index is 1.99. The van der Waals surface area contributed by atoms with E-state index in [1.165, 1.54) is 11.3 Å². The first-order valence-electron chi connectivity index (χ1n) is 7.33. The molecular weight excluding hydrogens is 346 g/mol. The number of nitriles is 1. The molecule has 8 heteroatoms. The van der Waals surface area contributed by atoms with Gasteiger partial charge in [-0.1, -0.05) is 6.07 Å². The maximum Gasteiger partial charge on any atom is 0.244 e. The lowest BCUT2D eigenvalue weighted by Crippen LogP contribution is -2.31. The maximum atomic E-state index is 14.4. The van der Waals surface area contributed by atoms with E-state index in [2.05, 4.69) is 10.2 Å². The van der Waals surface area contributed by atoms with E-state index in [0.29, 0.717) is 11.3 Å². The molecule has 1 aliphatic rings. The van der Waals surface area contributed by atoms with Crippen LogP contribution in [0.4, 0.5) is 8.78 Å². The molecule has 2 aromatic heterocycles. The second kappa shape index (κ2) is 5.79. The number of hydrogen-bond donors (Lipinski definition) is 2. The third kappa shape index (κ3) is 2.40. The van der Waals surface area contributed by atoms with Gasteiger partial charge in [-0.15, -0.1) is 16.4 Å². The van der Waals surface area contributed by atoms with Crippen LogP contribution in [-0.2, 0) is 0 Å². The van der Waals surface area contributed by atoms with Gasteiger partial charge in [0.05, 0.1) is 22.2 Å². The van der Waals surface area contributed by atoms with Gasteiger partial charge in [0.2, 0.25) is 11.8 Å². The van der Waals surface area contributed by atoms with Gasteiger partial charge in [0.1, 0.15) is 17.6 Å². The number of H-pyrrole nitrogens is 1. The first-order chi connectivity index (χ1) is 12.1. The highest BCUT2D eigenvalue weighted by atomic mass is 32.1. The van der Waals surface area contributed by atoms with Crippen molar-refractivity contribution < 1.29 is 13.5 Å². The van der Waals surface area contributed by atoms with E-state index in [4.69, 9.17) is 10.1 Å². The summed E-state index contributed by atoms with van der Waals surface area (Å²) >= 11 is 1.44. The van der Waals surface area contributed by atoms with Crippen LogP contribution in [0.2, 0.25) is 0 Å². The Morgan fingerprint density at radius 1 is 1.32 bits per heavy atom. The highest BCUT2D eigenvalue weighted by molar-refractivity contribution is 7.13. The number of aromatic nitrogens is 2. The summed E-state index contributed by atoms with van der Waals surface area (Å²) in [4.78, 5) is 0.823. The largest absolute Gasteiger partial charge is 0.422 e. The van der Waals surface area contributed by atoms with Crippen LogP contribution in [0, 0.1) is 34.3 Å². The summed E-state index contributed by atoms with van der Waals surface area (Å²) in [5.74, 6) is -3.48. The Morgan fingerprint density at radius 2 is 2.16 bits per heavy atom. The van der Waals surface area contributed by atoms with Gasteiger partial charge in [-0.05, 0) is 29.6 Å². The first-order valence-corrected chi connectivity index (χ1v) is 8.21. The molecule has 3 aromatic rings. The fourth-order valence-electron chi connectivity index (χ4n) is 3.02. The molecule has 1 aliphatic heterocycles. The fourth-order valence-corrected chi connectivity index (χ4v) is 3.75. The van der Waals surface area contributed by atoms with Gasteiger partial charge in [-0.25, -0.2) is 8.78 Å². The van der Waals surface area contributed by atoms with E-state index in [-0.39, 0.29) is 17.3 Å². The van der Waals surface area contributed by atoms with Crippen LogP contribution < -0.4 is 4.74 Å². The number of benzene rings is 1. The molecular formula is C17H10F2N4OS. The molecule has 3 heterocycles. The zero-order chi connectivity index (χ0) is 17.6. The van der Waals surface area contributed by atoms with Crippen molar-refractivity contribution >= 4 is 17.2 Å². The summed E-state index contributed by atoms with van der Waals surface area (Å²) in [6.45, 7) is 0. The summed E-state index contributed by atoms with van der Waals surface area (Å²) in [5, 5.41) is 26.2. The Hall–Kier alpha value is -3.05. The van der Waals surface area contributed by atoms with Crippen molar-refractivity contribution in [2.45, 2.75) is 5.92 Å². The first kappa shape index (κ1) is 15.5. The minimum atomic E-state index is -1.08. The van der Waals surface area contributed by atoms with E-state index in [1.54, 1.807) is 0 Å². The zero-order valence-electron chi connectivity index (χ0n) is 12.6. The van der Waals surface area contributed by atoms with Crippen LogP contribution in [0.25, 0.3) is 10.6 Å². The highest BCUT2D eigenvalue weighted by Gasteiger charge is 2.42. The smallest absolute Gasteiger partial charge is 0.244 e. The number of fused-ring (bicyclic) bond motifs is 1. The lowest BCUT2D eigenvalue weighted by molar-refractivity contribution is 0.431. The van der Waals surface area contributed by atoms with Crippen LogP contribution in [0.15, 0.2) is 35.7 Å². The number of thiophene rings is 1. The molecule has 0 aliphatic carbocycles. The van der Waals surface area contributed by atoms with Crippen LogP contribution in [-0.4, -0.2) is 16.1 Å². The van der Waals surface area contributed by atoms with Crippen molar-refractivity contribution in [2.75, 3.05) is 0 Å². The minimum Gasteiger partial charge on any atom is -0.422 e. The van der Waals surface area contributed by atoms with Crippen molar-refractivity contribution in [3.63, 3.8) is 0 Å². The summed E-state index contributed by atoms with van der Waals surface area (Å²) in [7, 11) is 0. The predicted octanol–water partition coefficient (Wildman–Crippen LogP) is 4.06. The summed E-state index contributed by atoms with van der Waals surface area (Å²) < 4.78 is 33.5. The molecule has 0 radical (unpaired) electrons. The molecule has 0 fully saturated rings. The minimum absolute atomic E-state index is 0.0000520. The van der Waals surface area contributed by atoms with Crippen LogP contribution >= 0.6 is 11.3 Å². The lowest BCUT2D eigenvalue weighted by Gasteiger charge is -2.28.